The highest BCUT2D eigenvalue weighted by atomic mass is 28.4. The molecule has 0 aromatic heterocycles. The summed E-state index contributed by atoms with van der Waals surface area (Å²) in [6.07, 6.45) is 2.33. The molecule has 0 amide bonds. The maximum Gasteiger partial charge on any atom is 0.338 e. The SMILES string of the molecule is CC(C)(C)[Si](O[C@@H]1CCCO[C@@H]1CCOC(=O)c1ccccc1)(c1ccccc1)c1ccccc1. The molecule has 4 rings (SSSR count). The van der Waals surface area contributed by atoms with E-state index >= 15 is 0 Å². The molecular weight excluding hydrogens is 452 g/mol. The molecule has 0 aliphatic carbocycles. The molecule has 5 heteroatoms. The van der Waals surface area contributed by atoms with Crippen molar-refractivity contribution in [3.63, 3.8) is 0 Å². The quantitative estimate of drug-likeness (QED) is 0.316. The van der Waals surface area contributed by atoms with E-state index in [1.54, 1.807) is 12.1 Å². The summed E-state index contributed by atoms with van der Waals surface area (Å²) in [5, 5.41) is 2.43. The van der Waals surface area contributed by atoms with Crippen LogP contribution in [-0.2, 0) is 13.9 Å². The summed E-state index contributed by atoms with van der Waals surface area (Å²) in [5.74, 6) is -0.300. The van der Waals surface area contributed by atoms with Gasteiger partial charge in [0.2, 0.25) is 0 Å². The second-order valence-electron chi connectivity index (χ2n) is 10.2. The van der Waals surface area contributed by atoms with Gasteiger partial charge >= 0.3 is 5.97 Å². The van der Waals surface area contributed by atoms with Gasteiger partial charge in [0.1, 0.15) is 0 Å². The maximum absolute atomic E-state index is 12.4. The average molecular weight is 489 g/mol. The van der Waals surface area contributed by atoms with Crippen molar-refractivity contribution in [2.24, 2.45) is 0 Å². The van der Waals surface area contributed by atoms with E-state index < -0.39 is 8.32 Å². The largest absolute Gasteiger partial charge is 0.462 e. The minimum absolute atomic E-state index is 0.0644. The molecule has 0 spiro atoms. The van der Waals surface area contributed by atoms with Gasteiger partial charge in [0, 0.05) is 13.0 Å². The van der Waals surface area contributed by atoms with Crippen molar-refractivity contribution in [3.05, 3.63) is 96.6 Å². The molecule has 0 N–H and O–H groups in total. The van der Waals surface area contributed by atoms with Crippen LogP contribution in [0.2, 0.25) is 5.04 Å². The molecule has 0 unspecified atom stereocenters. The van der Waals surface area contributed by atoms with Gasteiger partial charge < -0.3 is 13.9 Å². The Morgan fingerprint density at radius 2 is 1.43 bits per heavy atom. The van der Waals surface area contributed by atoms with E-state index in [4.69, 9.17) is 13.9 Å². The lowest BCUT2D eigenvalue weighted by Gasteiger charge is -2.47. The van der Waals surface area contributed by atoms with E-state index in [1.807, 2.05) is 18.2 Å². The van der Waals surface area contributed by atoms with E-state index in [1.165, 1.54) is 10.4 Å². The summed E-state index contributed by atoms with van der Waals surface area (Å²) in [7, 11) is -2.68. The van der Waals surface area contributed by atoms with Crippen molar-refractivity contribution < 1.29 is 18.7 Å². The summed E-state index contributed by atoms with van der Waals surface area (Å²) in [6.45, 7) is 7.88. The lowest BCUT2D eigenvalue weighted by atomic mass is 10.0. The molecule has 0 saturated carbocycles. The van der Waals surface area contributed by atoms with Crippen LogP contribution < -0.4 is 10.4 Å². The molecule has 1 saturated heterocycles. The fraction of sp³-hybridized carbons (Fsp3) is 0.367. The third kappa shape index (κ3) is 5.75. The summed E-state index contributed by atoms with van der Waals surface area (Å²) < 4.78 is 19.1. The second-order valence-corrected chi connectivity index (χ2v) is 14.4. The number of hydrogen-bond acceptors (Lipinski definition) is 4. The highest BCUT2D eigenvalue weighted by Crippen LogP contribution is 2.39. The Morgan fingerprint density at radius 3 is 1.97 bits per heavy atom. The highest BCUT2D eigenvalue weighted by molar-refractivity contribution is 6.99. The number of carbonyl (C=O) groups is 1. The highest BCUT2D eigenvalue weighted by Gasteiger charge is 2.52. The number of carbonyl (C=O) groups excluding carboxylic acids is 1. The number of hydrogen-bond donors (Lipinski definition) is 0. The van der Waals surface area contributed by atoms with Gasteiger partial charge in [0.15, 0.2) is 0 Å². The molecule has 0 radical (unpaired) electrons. The van der Waals surface area contributed by atoms with E-state index in [0.29, 0.717) is 25.2 Å². The normalized spacial score (nSPS) is 18.7. The van der Waals surface area contributed by atoms with Gasteiger partial charge in [0.05, 0.1) is 24.4 Å². The van der Waals surface area contributed by atoms with Gasteiger partial charge in [-0.1, -0.05) is 99.6 Å². The molecule has 2 atom stereocenters. The van der Waals surface area contributed by atoms with Crippen molar-refractivity contribution in [1.82, 2.24) is 0 Å². The monoisotopic (exact) mass is 488 g/mol. The minimum Gasteiger partial charge on any atom is -0.462 e. The lowest BCUT2D eigenvalue weighted by Crippen LogP contribution is -2.68. The van der Waals surface area contributed by atoms with E-state index in [2.05, 4.69) is 81.4 Å². The van der Waals surface area contributed by atoms with Crippen LogP contribution in [0.4, 0.5) is 0 Å². The molecule has 1 fully saturated rings. The zero-order chi connectivity index (χ0) is 24.7. The predicted molar refractivity (Wildman–Crippen MR) is 143 cm³/mol. The van der Waals surface area contributed by atoms with Crippen molar-refractivity contribution >= 4 is 24.7 Å². The average Bonchev–Trinajstić information content (AvgIpc) is 2.89. The van der Waals surface area contributed by atoms with Crippen molar-refractivity contribution in [3.8, 4) is 0 Å². The lowest BCUT2D eigenvalue weighted by molar-refractivity contribution is -0.0758. The molecule has 0 bridgehead atoms. The molecule has 3 aromatic carbocycles. The fourth-order valence-corrected chi connectivity index (χ4v) is 9.80. The van der Waals surface area contributed by atoms with E-state index in [0.717, 1.165) is 12.8 Å². The van der Waals surface area contributed by atoms with E-state index in [-0.39, 0.29) is 23.2 Å². The summed E-state index contributed by atoms with van der Waals surface area (Å²) in [5.41, 5.74) is 0.567. The van der Waals surface area contributed by atoms with Crippen molar-refractivity contribution in [2.75, 3.05) is 13.2 Å². The number of benzene rings is 3. The van der Waals surface area contributed by atoms with Gasteiger partial charge in [0.25, 0.3) is 8.32 Å². The molecular formula is C30H36O4Si. The molecule has 3 aromatic rings. The molecule has 184 valence electrons. The first-order valence-electron chi connectivity index (χ1n) is 12.5. The van der Waals surface area contributed by atoms with Gasteiger partial charge in [-0.3, -0.25) is 0 Å². The Bertz CT molecular complexity index is 1020. The third-order valence-corrected chi connectivity index (χ3v) is 11.8. The predicted octanol–water partition coefficient (Wildman–Crippen LogP) is 5.36. The smallest absolute Gasteiger partial charge is 0.338 e. The number of rotatable bonds is 8. The van der Waals surface area contributed by atoms with Gasteiger partial charge in [-0.15, -0.1) is 0 Å². The van der Waals surface area contributed by atoms with Crippen molar-refractivity contribution in [2.45, 2.75) is 57.3 Å². The Balaban J connectivity index is 1.58. The van der Waals surface area contributed by atoms with Crippen LogP contribution in [0.3, 0.4) is 0 Å². The number of ether oxygens (including phenoxy) is 2. The zero-order valence-electron chi connectivity index (χ0n) is 21.0. The molecule has 4 nitrogen and oxygen atoms in total. The van der Waals surface area contributed by atoms with Crippen LogP contribution in [0.1, 0.15) is 50.4 Å². The van der Waals surface area contributed by atoms with Crippen LogP contribution in [0, 0.1) is 0 Å². The summed E-state index contributed by atoms with van der Waals surface area (Å²) >= 11 is 0. The van der Waals surface area contributed by atoms with Crippen molar-refractivity contribution in [1.29, 1.82) is 0 Å². The van der Waals surface area contributed by atoms with Crippen LogP contribution in [0.25, 0.3) is 0 Å². The van der Waals surface area contributed by atoms with E-state index in [9.17, 15) is 4.79 Å². The second kappa shape index (κ2) is 11.3. The van der Waals surface area contributed by atoms with Crippen LogP contribution in [0.5, 0.6) is 0 Å². The Labute approximate surface area is 210 Å². The number of esters is 1. The topological polar surface area (TPSA) is 44.8 Å². The first kappa shape index (κ1) is 25.4. The zero-order valence-corrected chi connectivity index (χ0v) is 22.0. The third-order valence-electron chi connectivity index (χ3n) is 6.77. The van der Waals surface area contributed by atoms with Crippen LogP contribution in [-0.4, -0.2) is 39.7 Å². The summed E-state index contributed by atoms with van der Waals surface area (Å²) in [6, 6.07) is 30.5. The first-order chi connectivity index (χ1) is 16.9. The molecule has 1 aliphatic rings. The standard InChI is InChI=1S/C30H36O4Si/c1-30(2,3)35(25-16-9-5-10-17-25,26-18-11-6-12-19-26)34-28-20-13-22-32-27(28)21-23-33-29(31)24-14-7-4-8-15-24/h4-12,14-19,27-28H,13,20-23H2,1-3H3/t27-,28-/m1/s1. The Kier molecular flexibility index (Phi) is 8.21. The molecule has 1 heterocycles. The molecule has 1 aliphatic heterocycles. The minimum atomic E-state index is -2.68. The Morgan fingerprint density at radius 1 is 0.886 bits per heavy atom. The van der Waals surface area contributed by atoms with Crippen LogP contribution >= 0.6 is 0 Å². The van der Waals surface area contributed by atoms with Gasteiger partial charge in [-0.25, -0.2) is 4.79 Å². The van der Waals surface area contributed by atoms with Gasteiger partial charge in [-0.2, -0.15) is 0 Å². The van der Waals surface area contributed by atoms with Crippen LogP contribution in [0.15, 0.2) is 91.0 Å². The fourth-order valence-electron chi connectivity index (χ4n) is 5.06. The van der Waals surface area contributed by atoms with Gasteiger partial charge in [-0.05, 0) is 40.4 Å². The first-order valence-corrected chi connectivity index (χ1v) is 14.5. The molecule has 35 heavy (non-hydrogen) atoms. The summed E-state index contributed by atoms with van der Waals surface area (Å²) in [4.78, 5) is 12.4. The Hall–Kier alpha value is -2.73. The maximum atomic E-state index is 12.4.